The standard InChI is InChI=1S/C20H26O4/c1-14-9-10-16(20(2,3)15-7-5-4-6-8-15)17(13-14)24-19(23)12-11-18(21)22/h4-8,11-12,14,16-17H,9-10,13H2,1-3H3,(H,21,22)/b12-11-. The van der Waals surface area contributed by atoms with Crippen LogP contribution in [0.4, 0.5) is 0 Å². The summed E-state index contributed by atoms with van der Waals surface area (Å²) in [4.78, 5) is 22.5. The summed E-state index contributed by atoms with van der Waals surface area (Å²) < 4.78 is 5.64. The Morgan fingerprint density at radius 3 is 2.46 bits per heavy atom. The third-order valence-electron chi connectivity index (χ3n) is 5.13. The van der Waals surface area contributed by atoms with E-state index in [1.807, 2.05) is 18.2 Å². The average Bonchev–Trinajstić information content (AvgIpc) is 2.53. The molecule has 1 N–H and O–H groups in total. The summed E-state index contributed by atoms with van der Waals surface area (Å²) in [6.07, 6.45) is 4.53. The zero-order valence-electron chi connectivity index (χ0n) is 14.6. The van der Waals surface area contributed by atoms with Gasteiger partial charge in [-0.3, -0.25) is 0 Å². The van der Waals surface area contributed by atoms with E-state index in [0.29, 0.717) is 5.92 Å². The summed E-state index contributed by atoms with van der Waals surface area (Å²) in [7, 11) is 0. The van der Waals surface area contributed by atoms with Gasteiger partial charge in [0, 0.05) is 18.1 Å². The van der Waals surface area contributed by atoms with Crippen LogP contribution in [0.2, 0.25) is 0 Å². The Morgan fingerprint density at radius 2 is 1.83 bits per heavy atom. The van der Waals surface area contributed by atoms with Crippen LogP contribution in [0, 0.1) is 11.8 Å². The highest BCUT2D eigenvalue weighted by atomic mass is 16.5. The first-order valence-corrected chi connectivity index (χ1v) is 8.48. The van der Waals surface area contributed by atoms with Gasteiger partial charge in [0.05, 0.1) is 0 Å². The molecule has 4 nitrogen and oxygen atoms in total. The van der Waals surface area contributed by atoms with Gasteiger partial charge in [0.2, 0.25) is 0 Å². The maximum absolute atomic E-state index is 12.0. The zero-order chi connectivity index (χ0) is 17.7. The van der Waals surface area contributed by atoms with Gasteiger partial charge in [-0.25, -0.2) is 9.59 Å². The molecule has 1 aromatic rings. The molecule has 0 saturated heterocycles. The molecule has 1 aliphatic carbocycles. The molecule has 1 saturated carbocycles. The molecule has 1 aromatic carbocycles. The van der Waals surface area contributed by atoms with E-state index in [9.17, 15) is 9.59 Å². The number of carbonyl (C=O) groups excluding carboxylic acids is 1. The van der Waals surface area contributed by atoms with Gasteiger partial charge < -0.3 is 9.84 Å². The largest absolute Gasteiger partial charge is 0.478 e. The van der Waals surface area contributed by atoms with Crippen molar-refractivity contribution in [2.75, 3.05) is 0 Å². The molecule has 130 valence electrons. The van der Waals surface area contributed by atoms with Crippen molar-refractivity contribution in [1.82, 2.24) is 0 Å². The van der Waals surface area contributed by atoms with Gasteiger partial charge in [-0.2, -0.15) is 0 Å². The lowest BCUT2D eigenvalue weighted by molar-refractivity contribution is -0.150. The van der Waals surface area contributed by atoms with E-state index in [4.69, 9.17) is 9.84 Å². The molecule has 4 heteroatoms. The van der Waals surface area contributed by atoms with Gasteiger partial charge in [-0.15, -0.1) is 0 Å². The molecule has 0 bridgehead atoms. The van der Waals surface area contributed by atoms with Gasteiger partial charge in [0.1, 0.15) is 6.10 Å². The average molecular weight is 330 g/mol. The summed E-state index contributed by atoms with van der Waals surface area (Å²) in [6, 6.07) is 10.3. The molecule has 0 aromatic heterocycles. The van der Waals surface area contributed by atoms with Crippen LogP contribution < -0.4 is 0 Å². The second-order valence-corrected chi connectivity index (χ2v) is 7.26. The molecule has 24 heavy (non-hydrogen) atoms. The van der Waals surface area contributed by atoms with Crippen LogP contribution in [0.3, 0.4) is 0 Å². The molecule has 0 heterocycles. The minimum atomic E-state index is -1.15. The van der Waals surface area contributed by atoms with Gasteiger partial charge >= 0.3 is 11.9 Å². The summed E-state index contributed by atoms with van der Waals surface area (Å²) in [5, 5.41) is 8.65. The summed E-state index contributed by atoms with van der Waals surface area (Å²) in [5.74, 6) is -1.03. The van der Waals surface area contributed by atoms with Crippen LogP contribution >= 0.6 is 0 Å². The highest BCUT2D eigenvalue weighted by Gasteiger charge is 2.41. The monoisotopic (exact) mass is 330 g/mol. The van der Waals surface area contributed by atoms with Crippen molar-refractivity contribution >= 4 is 11.9 Å². The quantitative estimate of drug-likeness (QED) is 0.656. The smallest absolute Gasteiger partial charge is 0.331 e. The number of carbonyl (C=O) groups is 2. The summed E-state index contributed by atoms with van der Waals surface area (Å²) in [5.41, 5.74) is 1.11. The van der Waals surface area contributed by atoms with Gasteiger partial charge in [0.25, 0.3) is 0 Å². The van der Waals surface area contributed by atoms with Crippen LogP contribution in [0.1, 0.15) is 45.6 Å². The van der Waals surface area contributed by atoms with E-state index in [0.717, 1.165) is 31.4 Å². The fourth-order valence-corrected chi connectivity index (χ4v) is 3.69. The number of carboxylic acids is 1. The van der Waals surface area contributed by atoms with Crippen molar-refractivity contribution in [3.05, 3.63) is 48.0 Å². The van der Waals surface area contributed by atoms with Crippen LogP contribution in [-0.2, 0) is 19.7 Å². The first-order chi connectivity index (χ1) is 11.3. The molecule has 3 unspecified atom stereocenters. The fraction of sp³-hybridized carbons (Fsp3) is 0.500. The zero-order valence-corrected chi connectivity index (χ0v) is 14.6. The predicted molar refractivity (Wildman–Crippen MR) is 92.6 cm³/mol. The lowest BCUT2D eigenvalue weighted by Crippen LogP contribution is -2.43. The maximum atomic E-state index is 12.0. The molecular weight excluding hydrogens is 304 g/mol. The molecule has 0 radical (unpaired) electrons. The molecule has 0 spiro atoms. The molecular formula is C20H26O4. The third-order valence-corrected chi connectivity index (χ3v) is 5.13. The van der Waals surface area contributed by atoms with E-state index in [1.165, 1.54) is 5.56 Å². The van der Waals surface area contributed by atoms with Gasteiger partial charge in [0.15, 0.2) is 0 Å². The van der Waals surface area contributed by atoms with Gasteiger partial charge in [-0.1, -0.05) is 57.5 Å². The Balaban J connectivity index is 2.19. The number of aliphatic carboxylic acids is 1. The normalized spacial score (nSPS) is 24.7. The van der Waals surface area contributed by atoms with E-state index in [1.54, 1.807) is 0 Å². The van der Waals surface area contributed by atoms with Crippen LogP contribution in [-0.4, -0.2) is 23.1 Å². The van der Waals surface area contributed by atoms with Crippen molar-refractivity contribution in [1.29, 1.82) is 0 Å². The summed E-state index contributed by atoms with van der Waals surface area (Å²) >= 11 is 0. The maximum Gasteiger partial charge on any atom is 0.331 e. The summed E-state index contributed by atoms with van der Waals surface area (Å²) in [6.45, 7) is 6.55. The Hall–Kier alpha value is -2.10. The molecule has 1 fully saturated rings. The lowest BCUT2D eigenvalue weighted by Gasteiger charge is -2.43. The predicted octanol–water partition coefficient (Wildman–Crippen LogP) is 3.95. The van der Waals surface area contributed by atoms with E-state index in [-0.39, 0.29) is 17.4 Å². The van der Waals surface area contributed by atoms with Crippen molar-refractivity contribution < 1.29 is 19.4 Å². The van der Waals surface area contributed by atoms with Crippen LogP contribution in [0.5, 0.6) is 0 Å². The van der Waals surface area contributed by atoms with Crippen molar-refractivity contribution in [2.24, 2.45) is 11.8 Å². The van der Waals surface area contributed by atoms with Crippen molar-refractivity contribution in [3.63, 3.8) is 0 Å². The molecule has 0 aliphatic heterocycles. The highest BCUT2D eigenvalue weighted by Crippen LogP contribution is 2.43. The SMILES string of the molecule is CC1CCC(C(C)(C)c2ccccc2)C(OC(=O)/C=C\C(=O)O)C1. The number of carboxylic acid groups (broad SMARTS) is 1. The highest BCUT2D eigenvalue weighted by molar-refractivity contribution is 5.90. The Labute approximate surface area is 143 Å². The molecule has 2 rings (SSSR count). The van der Waals surface area contributed by atoms with Crippen molar-refractivity contribution in [3.8, 4) is 0 Å². The Kier molecular flexibility index (Phi) is 5.81. The Bertz CT molecular complexity index is 603. The number of esters is 1. The first kappa shape index (κ1) is 18.2. The number of ether oxygens (including phenoxy) is 1. The van der Waals surface area contributed by atoms with Crippen molar-refractivity contribution in [2.45, 2.75) is 51.6 Å². The first-order valence-electron chi connectivity index (χ1n) is 8.48. The van der Waals surface area contributed by atoms with Crippen LogP contribution in [0.25, 0.3) is 0 Å². The number of hydrogen-bond acceptors (Lipinski definition) is 3. The number of rotatable bonds is 5. The third kappa shape index (κ3) is 4.47. The van der Waals surface area contributed by atoms with Gasteiger partial charge in [-0.05, 0) is 29.7 Å². The molecule has 3 atom stereocenters. The lowest BCUT2D eigenvalue weighted by atomic mass is 9.64. The second-order valence-electron chi connectivity index (χ2n) is 7.26. The minimum absolute atomic E-state index is 0.122. The Morgan fingerprint density at radius 1 is 1.17 bits per heavy atom. The van der Waals surface area contributed by atoms with E-state index >= 15 is 0 Å². The molecule has 1 aliphatic rings. The second kappa shape index (κ2) is 7.65. The molecule has 0 amide bonds. The topological polar surface area (TPSA) is 63.6 Å². The van der Waals surface area contributed by atoms with Crippen LogP contribution in [0.15, 0.2) is 42.5 Å². The fourth-order valence-electron chi connectivity index (χ4n) is 3.69. The van der Waals surface area contributed by atoms with E-state index < -0.39 is 11.9 Å². The van der Waals surface area contributed by atoms with E-state index in [2.05, 4.69) is 32.9 Å². The number of hydrogen-bond donors (Lipinski definition) is 1. The number of benzene rings is 1. The minimum Gasteiger partial charge on any atom is -0.478 e.